The van der Waals surface area contributed by atoms with Gasteiger partial charge in [0.25, 0.3) is 0 Å². The highest BCUT2D eigenvalue weighted by Gasteiger charge is 2.14. The van der Waals surface area contributed by atoms with Gasteiger partial charge in [-0.2, -0.15) is 0 Å². The maximum Gasteiger partial charge on any atom is 0.0600 e. The van der Waals surface area contributed by atoms with Crippen LogP contribution in [0.4, 0.5) is 11.4 Å². The quantitative estimate of drug-likeness (QED) is 0.594. The molecule has 1 atom stereocenters. The summed E-state index contributed by atoms with van der Waals surface area (Å²) >= 11 is 0. The molecule has 0 aromatic heterocycles. The molecule has 3 heteroatoms. The minimum Gasteiger partial charge on any atom is -0.397 e. The van der Waals surface area contributed by atoms with Gasteiger partial charge in [-0.25, -0.2) is 0 Å². The summed E-state index contributed by atoms with van der Waals surface area (Å²) in [4.78, 5) is 2.40. The first kappa shape index (κ1) is 16.8. The number of hydrogen-bond donors (Lipinski definition) is 2. The molecular weight excluding hydrogens is 294 g/mol. The van der Waals surface area contributed by atoms with Crippen LogP contribution in [0, 0.1) is 0 Å². The Morgan fingerprint density at radius 1 is 1.08 bits per heavy atom. The van der Waals surface area contributed by atoms with Crippen LogP contribution in [0.3, 0.4) is 0 Å². The molecule has 1 fully saturated rings. The van der Waals surface area contributed by atoms with Gasteiger partial charge in [-0.05, 0) is 62.4 Å². The lowest BCUT2D eigenvalue weighted by molar-refractivity contribution is 0.558. The minimum atomic E-state index is 0.397. The van der Waals surface area contributed by atoms with E-state index in [4.69, 9.17) is 5.73 Å². The highest BCUT2D eigenvalue weighted by molar-refractivity contribution is 5.68. The number of hydrogen-bond acceptors (Lipinski definition) is 3. The fourth-order valence-electron chi connectivity index (χ4n) is 3.48. The monoisotopic (exact) mass is 323 g/mol. The second kappa shape index (κ2) is 8.20. The van der Waals surface area contributed by atoms with Gasteiger partial charge in [0.15, 0.2) is 0 Å². The van der Waals surface area contributed by atoms with Crippen molar-refractivity contribution >= 4 is 11.4 Å². The molecule has 0 aliphatic carbocycles. The summed E-state index contributed by atoms with van der Waals surface area (Å²) in [5.41, 5.74) is 11.1. The van der Waals surface area contributed by atoms with Crippen LogP contribution in [-0.4, -0.2) is 19.6 Å². The highest BCUT2D eigenvalue weighted by atomic mass is 15.1. The molecule has 0 saturated carbocycles. The Morgan fingerprint density at radius 3 is 2.54 bits per heavy atom. The Labute approximate surface area is 145 Å². The Balaban J connectivity index is 1.46. The molecule has 1 aliphatic heterocycles. The number of aryl methyl sites for hydroxylation is 1. The molecular formula is C21H29N3. The summed E-state index contributed by atoms with van der Waals surface area (Å²) in [6.07, 6.45) is 4.76. The van der Waals surface area contributed by atoms with E-state index in [0.717, 1.165) is 38.2 Å². The van der Waals surface area contributed by atoms with E-state index in [0.29, 0.717) is 6.04 Å². The van der Waals surface area contributed by atoms with Crippen molar-refractivity contribution < 1.29 is 0 Å². The van der Waals surface area contributed by atoms with Gasteiger partial charge in [-0.1, -0.05) is 36.4 Å². The fraction of sp³-hybridized carbons (Fsp3) is 0.429. The van der Waals surface area contributed by atoms with Crippen molar-refractivity contribution in [2.24, 2.45) is 0 Å². The van der Waals surface area contributed by atoms with Gasteiger partial charge in [-0.3, -0.25) is 0 Å². The van der Waals surface area contributed by atoms with Crippen LogP contribution in [0.25, 0.3) is 0 Å². The summed E-state index contributed by atoms with van der Waals surface area (Å²) in [5.74, 6) is 0. The van der Waals surface area contributed by atoms with Crippen LogP contribution >= 0.6 is 0 Å². The van der Waals surface area contributed by atoms with Gasteiger partial charge in [0.2, 0.25) is 0 Å². The van der Waals surface area contributed by atoms with Crippen molar-refractivity contribution in [2.45, 2.75) is 38.6 Å². The molecule has 0 bridgehead atoms. The predicted molar refractivity (Wildman–Crippen MR) is 103 cm³/mol. The maximum atomic E-state index is 6.27. The number of nitrogen functional groups attached to an aromatic ring is 1. The molecule has 1 saturated heterocycles. The summed E-state index contributed by atoms with van der Waals surface area (Å²) in [7, 11) is 0. The van der Waals surface area contributed by atoms with Crippen LogP contribution < -0.4 is 16.0 Å². The molecule has 3 N–H and O–H groups in total. The van der Waals surface area contributed by atoms with Crippen molar-refractivity contribution in [2.75, 3.05) is 30.3 Å². The van der Waals surface area contributed by atoms with Crippen molar-refractivity contribution in [1.29, 1.82) is 0 Å². The Morgan fingerprint density at radius 2 is 1.83 bits per heavy atom. The largest absolute Gasteiger partial charge is 0.397 e. The molecule has 1 unspecified atom stereocenters. The molecule has 1 heterocycles. The van der Waals surface area contributed by atoms with Crippen molar-refractivity contribution in [3.05, 3.63) is 59.7 Å². The van der Waals surface area contributed by atoms with E-state index in [1.165, 1.54) is 29.7 Å². The van der Waals surface area contributed by atoms with E-state index in [9.17, 15) is 0 Å². The van der Waals surface area contributed by atoms with E-state index >= 15 is 0 Å². The third kappa shape index (κ3) is 4.30. The zero-order valence-electron chi connectivity index (χ0n) is 14.7. The first-order valence-corrected chi connectivity index (χ1v) is 9.16. The topological polar surface area (TPSA) is 41.3 Å². The lowest BCUT2D eigenvalue weighted by Crippen LogP contribution is -2.20. The Kier molecular flexibility index (Phi) is 5.76. The molecule has 2 aromatic carbocycles. The normalized spacial score (nSPS) is 15.6. The van der Waals surface area contributed by atoms with Crippen LogP contribution in [0.2, 0.25) is 0 Å². The molecule has 24 heavy (non-hydrogen) atoms. The van der Waals surface area contributed by atoms with E-state index in [2.05, 4.69) is 65.7 Å². The standard InChI is InChI=1S/C21H29N3/c1-17(19-9-3-2-4-10-19)23-13-7-8-18-11-12-21(20(22)16-18)24-14-5-6-15-24/h2-4,9-12,16-17,23H,5-8,13-15,22H2,1H3. The van der Waals surface area contributed by atoms with Crippen molar-refractivity contribution in [1.82, 2.24) is 5.32 Å². The van der Waals surface area contributed by atoms with Crippen LogP contribution in [0.15, 0.2) is 48.5 Å². The Hall–Kier alpha value is -2.00. The van der Waals surface area contributed by atoms with E-state index < -0.39 is 0 Å². The molecule has 3 rings (SSSR count). The number of rotatable bonds is 7. The first-order valence-electron chi connectivity index (χ1n) is 9.16. The third-order valence-corrected chi connectivity index (χ3v) is 4.93. The van der Waals surface area contributed by atoms with Crippen molar-refractivity contribution in [3.8, 4) is 0 Å². The SMILES string of the molecule is CC(NCCCc1ccc(N2CCCC2)c(N)c1)c1ccccc1. The molecule has 128 valence electrons. The minimum absolute atomic E-state index is 0.397. The number of nitrogens with two attached hydrogens (primary N) is 1. The number of anilines is 2. The Bertz CT molecular complexity index is 633. The first-order chi connectivity index (χ1) is 11.7. The molecule has 0 spiro atoms. The summed E-state index contributed by atoms with van der Waals surface area (Å²) in [6, 6.07) is 17.6. The van der Waals surface area contributed by atoms with E-state index in [-0.39, 0.29) is 0 Å². The fourth-order valence-corrected chi connectivity index (χ4v) is 3.48. The summed E-state index contributed by atoms with van der Waals surface area (Å²) < 4.78 is 0. The number of nitrogens with one attached hydrogen (secondary N) is 1. The zero-order chi connectivity index (χ0) is 16.8. The smallest absolute Gasteiger partial charge is 0.0600 e. The zero-order valence-corrected chi connectivity index (χ0v) is 14.7. The summed E-state index contributed by atoms with van der Waals surface area (Å²) in [6.45, 7) is 5.53. The van der Waals surface area contributed by atoms with Gasteiger partial charge in [0, 0.05) is 19.1 Å². The van der Waals surface area contributed by atoms with E-state index in [1.807, 2.05) is 0 Å². The summed E-state index contributed by atoms with van der Waals surface area (Å²) in [5, 5.41) is 3.60. The van der Waals surface area contributed by atoms with Gasteiger partial charge in [0.05, 0.1) is 11.4 Å². The number of nitrogens with zero attached hydrogens (tertiary/aromatic N) is 1. The lowest BCUT2D eigenvalue weighted by atomic mass is 10.1. The molecule has 2 aromatic rings. The second-order valence-corrected chi connectivity index (χ2v) is 6.78. The average molecular weight is 323 g/mol. The van der Waals surface area contributed by atoms with Gasteiger partial charge in [-0.15, -0.1) is 0 Å². The second-order valence-electron chi connectivity index (χ2n) is 6.78. The average Bonchev–Trinajstić information content (AvgIpc) is 3.14. The highest BCUT2D eigenvalue weighted by Crippen LogP contribution is 2.27. The lowest BCUT2D eigenvalue weighted by Gasteiger charge is -2.20. The van der Waals surface area contributed by atoms with Crippen LogP contribution in [0.5, 0.6) is 0 Å². The van der Waals surface area contributed by atoms with Gasteiger partial charge < -0.3 is 16.0 Å². The van der Waals surface area contributed by atoms with Crippen molar-refractivity contribution in [3.63, 3.8) is 0 Å². The molecule has 0 amide bonds. The van der Waals surface area contributed by atoms with Crippen LogP contribution in [-0.2, 0) is 6.42 Å². The number of benzene rings is 2. The molecule has 3 nitrogen and oxygen atoms in total. The van der Waals surface area contributed by atoms with E-state index in [1.54, 1.807) is 0 Å². The molecule has 1 aliphatic rings. The maximum absolute atomic E-state index is 6.27. The van der Waals surface area contributed by atoms with Crippen LogP contribution in [0.1, 0.15) is 43.4 Å². The van der Waals surface area contributed by atoms with Gasteiger partial charge in [0.1, 0.15) is 0 Å². The predicted octanol–water partition coefficient (Wildman–Crippen LogP) is 4.15. The van der Waals surface area contributed by atoms with Gasteiger partial charge >= 0.3 is 0 Å². The third-order valence-electron chi connectivity index (χ3n) is 4.93. The molecule has 0 radical (unpaired) electrons.